The van der Waals surface area contributed by atoms with Crippen molar-refractivity contribution in [2.75, 3.05) is 0 Å². The van der Waals surface area contributed by atoms with Gasteiger partial charge in [0, 0.05) is 0 Å². The molecule has 92 valence electrons. The summed E-state index contributed by atoms with van der Waals surface area (Å²) in [5, 5.41) is 0. The highest BCUT2D eigenvalue weighted by molar-refractivity contribution is 7.80. The Kier molecular flexibility index (Phi) is 4.35. The Hall–Kier alpha value is -0.130. The minimum absolute atomic E-state index is 0.0529. The van der Waals surface area contributed by atoms with E-state index in [0.29, 0.717) is 6.42 Å². The van der Waals surface area contributed by atoms with E-state index in [1.165, 1.54) is 0 Å². The zero-order valence-electron chi connectivity index (χ0n) is 10.4. The quantitative estimate of drug-likeness (QED) is 0.768. The summed E-state index contributed by atoms with van der Waals surface area (Å²) >= 11 is 0. The lowest BCUT2D eigenvalue weighted by Crippen LogP contribution is -2.35. The van der Waals surface area contributed by atoms with Gasteiger partial charge >= 0.3 is 10.4 Å². The maximum Gasteiger partial charge on any atom is 0.397 e. The molecule has 0 aromatic rings. The van der Waals surface area contributed by atoms with Crippen molar-refractivity contribution in [2.24, 2.45) is 10.8 Å². The fourth-order valence-corrected chi connectivity index (χ4v) is 1.84. The van der Waals surface area contributed by atoms with E-state index in [4.69, 9.17) is 8.74 Å². The van der Waals surface area contributed by atoms with E-state index in [0.717, 1.165) is 0 Å². The lowest BCUT2D eigenvalue weighted by atomic mass is 9.79. The lowest BCUT2D eigenvalue weighted by molar-refractivity contribution is 0.0452. The third kappa shape index (κ3) is 7.76. The van der Waals surface area contributed by atoms with Crippen LogP contribution in [0.25, 0.3) is 0 Å². The van der Waals surface area contributed by atoms with E-state index >= 15 is 0 Å². The molecule has 1 N–H and O–H groups in total. The van der Waals surface area contributed by atoms with Crippen LogP contribution in [-0.2, 0) is 14.6 Å². The molecule has 0 spiro atoms. The summed E-state index contributed by atoms with van der Waals surface area (Å²) in [5.74, 6) is 0. The number of rotatable bonds is 3. The van der Waals surface area contributed by atoms with Crippen LogP contribution in [0.15, 0.2) is 0 Å². The van der Waals surface area contributed by atoms with Crippen LogP contribution in [0.3, 0.4) is 0 Å². The average Bonchev–Trinajstić information content (AvgIpc) is 1.75. The minimum Gasteiger partial charge on any atom is -0.264 e. The van der Waals surface area contributed by atoms with Gasteiger partial charge in [0.25, 0.3) is 0 Å². The first-order chi connectivity index (χ1) is 6.31. The number of hydrogen-bond acceptors (Lipinski definition) is 3. The van der Waals surface area contributed by atoms with Crippen LogP contribution >= 0.6 is 0 Å². The molecule has 0 aromatic carbocycles. The van der Waals surface area contributed by atoms with Gasteiger partial charge in [-0.25, -0.2) is 4.18 Å². The second-order valence-electron chi connectivity index (χ2n) is 6.14. The topological polar surface area (TPSA) is 63.6 Å². The largest absolute Gasteiger partial charge is 0.397 e. The maximum atomic E-state index is 10.7. The van der Waals surface area contributed by atoms with Crippen molar-refractivity contribution >= 4 is 10.4 Å². The van der Waals surface area contributed by atoms with Gasteiger partial charge in [0.05, 0.1) is 6.10 Å². The van der Waals surface area contributed by atoms with Crippen molar-refractivity contribution in [1.82, 2.24) is 0 Å². The summed E-state index contributed by atoms with van der Waals surface area (Å²) in [4.78, 5) is 0. The molecule has 0 aliphatic carbocycles. The van der Waals surface area contributed by atoms with Crippen LogP contribution < -0.4 is 0 Å². The first-order valence-electron chi connectivity index (χ1n) is 4.97. The van der Waals surface area contributed by atoms with Gasteiger partial charge in [-0.1, -0.05) is 41.5 Å². The van der Waals surface area contributed by atoms with E-state index in [-0.39, 0.29) is 10.8 Å². The third-order valence-electron chi connectivity index (χ3n) is 2.00. The zero-order chi connectivity index (χ0) is 12.5. The predicted molar refractivity (Wildman–Crippen MR) is 59.9 cm³/mol. The summed E-state index contributed by atoms with van der Waals surface area (Å²) in [6.45, 7) is 11.6. The molecule has 0 fully saturated rings. The molecule has 0 amide bonds. The summed E-state index contributed by atoms with van der Waals surface area (Å²) < 4.78 is 34.8. The number of hydrogen-bond donors (Lipinski definition) is 1. The normalized spacial score (nSPS) is 16.5. The van der Waals surface area contributed by atoms with Crippen LogP contribution in [0.4, 0.5) is 0 Å². The van der Waals surface area contributed by atoms with E-state index < -0.39 is 16.5 Å². The molecule has 0 rings (SSSR count). The first kappa shape index (κ1) is 14.9. The standard InChI is InChI=1S/C10H22O4S/c1-9(2,3)7-8(10(4,5)6)14-15(11,12)13/h8H,7H2,1-6H3,(H,11,12,13). The molecule has 0 radical (unpaired) electrons. The highest BCUT2D eigenvalue weighted by Gasteiger charge is 2.33. The fourth-order valence-electron chi connectivity index (χ4n) is 1.19. The summed E-state index contributed by atoms with van der Waals surface area (Å²) in [6, 6.07) is 0. The fraction of sp³-hybridized carbons (Fsp3) is 1.00. The van der Waals surface area contributed by atoms with E-state index in [1.807, 2.05) is 41.5 Å². The Morgan fingerprint density at radius 2 is 1.53 bits per heavy atom. The average molecular weight is 238 g/mol. The van der Waals surface area contributed by atoms with Crippen LogP contribution in [0.1, 0.15) is 48.0 Å². The van der Waals surface area contributed by atoms with E-state index in [1.54, 1.807) is 0 Å². The molecule has 0 saturated carbocycles. The van der Waals surface area contributed by atoms with Gasteiger partial charge in [-0.15, -0.1) is 0 Å². The second kappa shape index (κ2) is 4.39. The van der Waals surface area contributed by atoms with Gasteiger partial charge in [0.15, 0.2) is 0 Å². The van der Waals surface area contributed by atoms with Crippen LogP contribution in [0.5, 0.6) is 0 Å². The van der Waals surface area contributed by atoms with Crippen molar-refractivity contribution < 1.29 is 17.2 Å². The van der Waals surface area contributed by atoms with Gasteiger partial charge in [0.1, 0.15) is 0 Å². The van der Waals surface area contributed by atoms with Crippen molar-refractivity contribution in [2.45, 2.75) is 54.1 Å². The third-order valence-corrected chi connectivity index (χ3v) is 2.48. The van der Waals surface area contributed by atoms with Crippen LogP contribution in [0, 0.1) is 10.8 Å². The molecule has 0 bridgehead atoms. The molecule has 1 unspecified atom stereocenters. The molecule has 15 heavy (non-hydrogen) atoms. The molecule has 0 heterocycles. The Bertz CT molecular complexity index is 292. The summed E-state index contributed by atoms with van der Waals surface area (Å²) in [7, 11) is -4.38. The molecular weight excluding hydrogens is 216 g/mol. The van der Waals surface area contributed by atoms with Crippen molar-refractivity contribution in [3.05, 3.63) is 0 Å². The Balaban J connectivity index is 4.78. The summed E-state index contributed by atoms with van der Waals surface area (Å²) in [5.41, 5.74) is -0.383. The smallest absolute Gasteiger partial charge is 0.264 e. The first-order valence-corrected chi connectivity index (χ1v) is 6.33. The van der Waals surface area contributed by atoms with E-state index in [9.17, 15) is 8.42 Å². The molecule has 0 aliphatic heterocycles. The van der Waals surface area contributed by atoms with E-state index in [2.05, 4.69) is 0 Å². The molecule has 0 aliphatic rings. The van der Waals surface area contributed by atoms with Crippen molar-refractivity contribution in [3.63, 3.8) is 0 Å². The molecule has 1 atom stereocenters. The highest BCUT2D eigenvalue weighted by atomic mass is 32.3. The predicted octanol–water partition coefficient (Wildman–Crippen LogP) is 2.66. The van der Waals surface area contributed by atoms with Gasteiger partial charge in [-0.3, -0.25) is 4.55 Å². The SMILES string of the molecule is CC(C)(C)CC(OS(=O)(=O)O)C(C)(C)C. The second-order valence-corrected chi connectivity index (χ2v) is 7.19. The zero-order valence-corrected chi connectivity index (χ0v) is 11.2. The van der Waals surface area contributed by atoms with Gasteiger partial charge in [-0.2, -0.15) is 8.42 Å². The molecule has 0 aromatic heterocycles. The van der Waals surface area contributed by atoms with Gasteiger partial charge < -0.3 is 0 Å². The Morgan fingerprint density at radius 3 is 1.73 bits per heavy atom. The highest BCUT2D eigenvalue weighted by Crippen LogP contribution is 2.33. The molecule has 5 heteroatoms. The molecular formula is C10H22O4S. The molecule has 4 nitrogen and oxygen atoms in total. The molecule has 0 saturated heterocycles. The van der Waals surface area contributed by atoms with Crippen molar-refractivity contribution in [1.29, 1.82) is 0 Å². The monoisotopic (exact) mass is 238 g/mol. The van der Waals surface area contributed by atoms with Gasteiger partial charge in [-0.05, 0) is 17.3 Å². The van der Waals surface area contributed by atoms with Crippen molar-refractivity contribution in [3.8, 4) is 0 Å². The van der Waals surface area contributed by atoms with Crippen LogP contribution in [-0.4, -0.2) is 19.1 Å². The summed E-state index contributed by atoms with van der Waals surface area (Å²) in [6.07, 6.45) is 0.0449. The Labute approximate surface area is 93.0 Å². The Morgan fingerprint density at radius 1 is 1.13 bits per heavy atom. The van der Waals surface area contributed by atoms with Crippen LogP contribution in [0.2, 0.25) is 0 Å². The maximum absolute atomic E-state index is 10.7. The minimum atomic E-state index is -4.38. The van der Waals surface area contributed by atoms with Gasteiger partial charge in [0.2, 0.25) is 0 Å². The lowest BCUT2D eigenvalue weighted by Gasteiger charge is -2.33.